The lowest BCUT2D eigenvalue weighted by molar-refractivity contribution is 0.0954. The van der Waals surface area contributed by atoms with E-state index in [1.54, 1.807) is 12.1 Å². The van der Waals surface area contributed by atoms with Gasteiger partial charge in [0.25, 0.3) is 5.91 Å². The summed E-state index contributed by atoms with van der Waals surface area (Å²) in [6, 6.07) is 16.9. The molecule has 0 spiro atoms. The van der Waals surface area contributed by atoms with Crippen molar-refractivity contribution < 1.29 is 9.18 Å². The minimum absolute atomic E-state index is 0.0822. The van der Waals surface area contributed by atoms with E-state index in [1.165, 1.54) is 23.0 Å². The van der Waals surface area contributed by atoms with Crippen LogP contribution in [0, 0.1) is 5.82 Å². The number of fused-ring (bicyclic) bond motifs is 1. The Kier molecular flexibility index (Phi) is 3.42. The van der Waals surface area contributed by atoms with E-state index < -0.39 is 0 Å². The highest BCUT2D eigenvalue weighted by molar-refractivity contribution is 7.20. The van der Waals surface area contributed by atoms with Crippen LogP contribution in [0.3, 0.4) is 0 Å². The standard InChI is InChI=1S/C19H16FNOS/c20-15-7-4-8-16-14(15)11-17(23-16)18(22)21-12-19(9-10-19)13-5-2-1-3-6-13/h1-8,11H,9-10,12H2,(H,21,22). The SMILES string of the molecule is O=C(NCC1(c2ccccc2)CC1)c1cc2c(F)cccc2s1. The third-order valence-corrected chi connectivity index (χ3v) is 5.66. The molecule has 1 saturated carbocycles. The van der Waals surface area contributed by atoms with Crippen molar-refractivity contribution in [3.05, 3.63) is 70.9 Å². The van der Waals surface area contributed by atoms with Crippen LogP contribution in [0.2, 0.25) is 0 Å². The van der Waals surface area contributed by atoms with Crippen molar-refractivity contribution in [2.45, 2.75) is 18.3 Å². The lowest BCUT2D eigenvalue weighted by Crippen LogP contribution is -2.31. The lowest BCUT2D eigenvalue weighted by atomic mass is 9.96. The second-order valence-electron chi connectivity index (χ2n) is 6.09. The molecule has 2 nitrogen and oxygen atoms in total. The maximum atomic E-state index is 13.7. The van der Waals surface area contributed by atoms with Crippen molar-refractivity contribution in [2.75, 3.05) is 6.54 Å². The quantitative estimate of drug-likeness (QED) is 0.752. The van der Waals surface area contributed by atoms with Crippen molar-refractivity contribution in [2.24, 2.45) is 0 Å². The first-order valence-electron chi connectivity index (χ1n) is 7.70. The van der Waals surface area contributed by atoms with Crippen LogP contribution in [-0.4, -0.2) is 12.5 Å². The van der Waals surface area contributed by atoms with Gasteiger partial charge in [-0.2, -0.15) is 0 Å². The van der Waals surface area contributed by atoms with Gasteiger partial charge in [0.2, 0.25) is 0 Å². The summed E-state index contributed by atoms with van der Waals surface area (Å²) in [6.07, 6.45) is 2.19. The number of carbonyl (C=O) groups is 1. The van der Waals surface area contributed by atoms with E-state index in [-0.39, 0.29) is 17.1 Å². The molecule has 4 rings (SSSR count). The summed E-state index contributed by atoms with van der Waals surface area (Å²) in [5.74, 6) is -0.395. The molecule has 1 aromatic heterocycles. The number of hydrogen-bond acceptors (Lipinski definition) is 2. The van der Waals surface area contributed by atoms with Crippen LogP contribution in [0.4, 0.5) is 4.39 Å². The fourth-order valence-electron chi connectivity index (χ4n) is 2.98. The summed E-state index contributed by atoms with van der Waals surface area (Å²) in [4.78, 5) is 13.0. The highest BCUT2D eigenvalue weighted by Crippen LogP contribution is 2.47. The van der Waals surface area contributed by atoms with Gasteiger partial charge >= 0.3 is 0 Å². The summed E-state index contributed by atoms with van der Waals surface area (Å²) in [6.45, 7) is 0.632. The molecule has 116 valence electrons. The minimum Gasteiger partial charge on any atom is -0.350 e. The normalized spacial score (nSPS) is 15.5. The Morgan fingerprint density at radius 1 is 1.13 bits per heavy atom. The van der Waals surface area contributed by atoms with Gasteiger partial charge in [-0.05, 0) is 36.6 Å². The molecule has 1 aliphatic rings. The predicted molar refractivity (Wildman–Crippen MR) is 91.5 cm³/mol. The molecule has 0 unspecified atom stereocenters. The van der Waals surface area contributed by atoms with Crippen LogP contribution in [0.5, 0.6) is 0 Å². The first-order chi connectivity index (χ1) is 11.2. The molecule has 0 atom stereocenters. The summed E-state index contributed by atoms with van der Waals surface area (Å²) in [7, 11) is 0. The summed E-state index contributed by atoms with van der Waals surface area (Å²) in [5, 5.41) is 3.55. The second kappa shape index (κ2) is 5.46. The zero-order chi connectivity index (χ0) is 15.9. The van der Waals surface area contributed by atoms with E-state index in [1.807, 2.05) is 24.3 Å². The molecule has 3 aromatic rings. The van der Waals surface area contributed by atoms with Gasteiger partial charge < -0.3 is 5.32 Å². The van der Waals surface area contributed by atoms with Crippen LogP contribution in [-0.2, 0) is 5.41 Å². The van der Waals surface area contributed by atoms with Crippen molar-refractivity contribution in [1.82, 2.24) is 5.32 Å². The Hall–Kier alpha value is -2.20. The zero-order valence-electron chi connectivity index (χ0n) is 12.5. The van der Waals surface area contributed by atoms with Crippen LogP contribution in [0.15, 0.2) is 54.6 Å². The highest BCUT2D eigenvalue weighted by atomic mass is 32.1. The summed E-state index contributed by atoms with van der Waals surface area (Å²) in [5.41, 5.74) is 1.36. The summed E-state index contributed by atoms with van der Waals surface area (Å²) >= 11 is 1.33. The van der Waals surface area contributed by atoms with Crippen molar-refractivity contribution in [3.63, 3.8) is 0 Å². The van der Waals surface area contributed by atoms with Crippen LogP contribution < -0.4 is 5.32 Å². The largest absolute Gasteiger partial charge is 0.350 e. The Morgan fingerprint density at radius 3 is 2.61 bits per heavy atom. The number of nitrogens with one attached hydrogen (secondary N) is 1. The molecule has 4 heteroatoms. The van der Waals surface area contributed by atoms with Crippen LogP contribution in [0.1, 0.15) is 28.1 Å². The molecule has 1 amide bonds. The number of amides is 1. The molecule has 0 radical (unpaired) electrons. The molecule has 2 aromatic carbocycles. The van der Waals surface area contributed by atoms with Crippen molar-refractivity contribution in [1.29, 1.82) is 0 Å². The van der Waals surface area contributed by atoms with E-state index >= 15 is 0 Å². The lowest BCUT2D eigenvalue weighted by Gasteiger charge is -2.16. The monoisotopic (exact) mass is 325 g/mol. The highest BCUT2D eigenvalue weighted by Gasteiger charge is 2.44. The number of carbonyl (C=O) groups excluding carboxylic acids is 1. The Bertz CT molecular complexity index is 867. The van der Waals surface area contributed by atoms with Crippen molar-refractivity contribution >= 4 is 27.3 Å². The molecule has 1 heterocycles. The first-order valence-corrected chi connectivity index (χ1v) is 8.51. The van der Waals surface area contributed by atoms with Crippen molar-refractivity contribution in [3.8, 4) is 0 Å². The first kappa shape index (κ1) is 14.4. The molecule has 0 bridgehead atoms. The number of benzene rings is 2. The molecule has 1 fully saturated rings. The predicted octanol–water partition coefficient (Wildman–Crippen LogP) is 4.50. The molecule has 0 saturated heterocycles. The number of thiophene rings is 1. The molecule has 23 heavy (non-hydrogen) atoms. The van der Waals surface area contributed by atoms with Gasteiger partial charge in [-0.3, -0.25) is 4.79 Å². The average Bonchev–Trinajstić information content (AvgIpc) is 3.24. The van der Waals surface area contributed by atoms with E-state index in [9.17, 15) is 9.18 Å². The Balaban J connectivity index is 1.51. The molecule has 1 aliphatic carbocycles. The fourth-order valence-corrected chi connectivity index (χ4v) is 3.98. The van der Waals surface area contributed by atoms with Gasteiger partial charge in [0.15, 0.2) is 0 Å². The zero-order valence-corrected chi connectivity index (χ0v) is 13.3. The molecule has 0 aliphatic heterocycles. The topological polar surface area (TPSA) is 29.1 Å². The smallest absolute Gasteiger partial charge is 0.261 e. The van der Waals surface area contributed by atoms with Gasteiger partial charge in [-0.15, -0.1) is 11.3 Å². The van der Waals surface area contributed by atoms with Crippen LogP contribution >= 0.6 is 11.3 Å². The fraction of sp³-hybridized carbons (Fsp3) is 0.211. The van der Waals surface area contributed by atoms with Gasteiger partial charge in [0.1, 0.15) is 5.82 Å². The second-order valence-corrected chi connectivity index (χ2v) is 7.18. The third kappa shape index (κ3) is 2.63. The van der Waals surface area contributed by atoms with Gasteiger partial charge in [0.05, 0.1) is 4.88 Å². The molecule has 1 N–H and O–H groups in total. The Morgan fingerprint density at radius 2 is 1.91 bits per heavy atom. The maximum Gasteiger partial charge on any atom is 0.261 e. The molecular formula is C19H16FNOS. The Labute approximate surface area is 138 Å². The number of rotatable bonds is 4. The van der Waals surface area contributed by atoms with Gasteiger partial charge in [0, 0.05) is 22.0 Å². The average molecular weight is 325 g/mol. The number of halogens is 1. The van der Waals surface area contributed by atoms with Crippen LogP contribution in [0.25, 0.3) is 10.1 Å². The third-order valence-electron chi connectivity index (χ3n) is 4.56. The van der Waals surface area contributed by atoms with E-state index in [0.29, 0.717) is 16.8 Å². The molecular weight excluding hydrogens is 309 g/mol. The van der Waals surface area contributed by atoms with Gasteiger partial charge in [-0.1, -0.05) is 36.4 Å². The number of hydrogen-bond donors (Lipinski definition) is 1. The van der Waals surface area contributed by atoms with E-state index in [0.717, 1.165) is 17.5 Å². The van der Waals surface area contributed by atoms with E-state index in [4.69, 9.17) is 0 Å². The maximum absolute atomic E-state index is 13.7. The van der Waals surface area contributed by atoms with Gasteiger partial charge in [-0.25, -0.2) is 4.39 Å². The minimum atomic E-state index is -0.277. The van der Waals surface area contributed by atoms with E-state index in [2.05, 4.69) is 17.4 Å². The summed E-state index contributed by atoms with van der Waals surface area (Å²) < 4.78 is 14.5.